The quantitative estimate of drug-likeness (QED) is 0.526. The fourth-order valence-corrected chi connectivity index (χ4v) is 2.03. The van der Waals surface area contributed by atoms with Crippen LogP contribution in [-0.2, 0) is 4.79 Å². The molecule has 10 nitrogen and oxygen atoms in total. The Bertz CT molecular complexity index is 870. The van der Waals surface area contributed by atoms with Gasteiger partial charge in [0.25, 0.3) is 12.1 Å². The third kappa shape index (κ3) is 5.20. The van der Waals surface area contributed by atoms with Gasteiger partial charge in [0.05, 0.1) is 28.4 Å². The van der Waals surface area contributed by atoms with E-state index in [0.717, 1.165) is 35.3 Å². The summed E-state index contributed by atoms with van der Waals surface area (Å²) in [6, 6.07) is 2.20. The van der Waals surface area contributed by atoms with Crippen LogP contribution in [0, 0.1) is 10.1 Å². The molecule has 0 aliphatic heterocycles. The number of benzene rings is 1. The molecule has 0 bridgehead atoms. The van der Waals surface area contributed by atoms with E-state index in [9.17, 15) is 28.5 Å². The first-order valence-corrected chi connectivity index (χ1v) is 7.46. The number of halogens is 2. The summed E-state index contributed by atoms with van der Waals surface area (Å²) < 4.78 is 30.4. The molecule has 27 heavy (non-hydrogen) atoms. The Morgan fingerprint density at radius 2 is 2.11 bits per heavy atom. The standard InChI is InChI=1S/C15H14F2N4O6/c1-8(20-6-9(5-18-20)15(23)24)14(22)19-10-2-11(21(25)26)4-12(3-10)27-7-13(16)17/h2-6,8,13H,7H2,1H3,(H,19,22)(H,23,24). The summed E-state index contributed by atoms with van der Waals surface area (Å²) in [4.78, 5) is 33.4. The number of nitrogens with zero attached hydrogens (tertiary/aromatic N) is 3. The normalized spacial score (nSPS) is 11.9. The lowest BCUT2D eigenvalue weighted by molar-refractivity contribution is -0.384. The van der Waals surface area contributed by atoms with Crippen molar-refractivity contribution >= 4 is 23.3 Å². The largest absolute Gasteiger partial charge is 0.487 e. The maximum absolute atomic E-state index is 12.3. The number of carbonyl (C=O) groups is 2. The van der Waals surface area contributed by atoms with Gasteiger partial charge in [-0.2, -0.15) is 5.10 Å². The number of non-ortho nitro benzene ring substituents is 1. The van der Waals surface area contributed by atoms with E-state index in [4.69, 9.17) is 9.84 Å². The highest BCUT2D eigenvalue weighted by Gasteiger charge is 2.20. The Balaban J connectivity index is 2.19. The molecule has 0 spiro atoms. The second kappa shape index (κ2) is 8.21. The van der Waals surface area contributed by atoms with Crippen LogP contribution in [0.3, 0.4) is 0 Å². The van der Waals surface area contributed by atoms with Crippen molar-refractivity contribution < 1.29 is 33.1 Å². The highest BCUT2D eigenvalue weighted by atomic mass is 19.3. The fourth-order valence-electron chi connectivity index (χ4n) is 2.03. The van der Waals surface area contributed by atoms with Crippen molar-refractivity contribution in [3.63, 3.8) is 0 Å². The zero-order valence-corrected chi connectivity index (χ0v) is 13.8. The zero-order valence-electron chi connectivity index (χ0n) is 13.8. The van der Waals surface area contributed by atoms with Gasteiger partial charge in [-0.25, -0.2) is 13.6 Å². The molecule has 2 aromatic rings. The van der Waals surface area contributed by atoms with E-state index >= 15 is 0 Å². The van der Waals surface area contributed by atoms with Crippen LogP contribution in [0.25, 0.3) is 0 Å². The third-order valence-corrected chi connectivity index (χ3v) is 3.37. The molecular weight excluding hydrogens is 370 g/mol. The minimum atomic E-state index is -2.77. The lowest BCUT2D eigenvalue weighted by Crippen LogP contribution is -2.24. The van der Waals surface area contributed by atoms with Crippen molar-refractivity contribution in [2.75, 3.05) is 11.9 Å². The number of hydrogen-bond acceptors (Lipinski definition) is 6. The maximum atomic E-state index is 12.3. The summed E-state index contributed by atoms with van der Waals surface area (Å²) >= 11 is 0. The number of carbonyl (C=O) groups excluding carboxylic acids is 1. The lowest BCUT2D eigenvalue weighted by atomic mass is 10.2. The van der Waals surface area contributed by atoms with E-state index in [1.54, 1.807) is 0 Å². The Kier molecular flexibility index (Phi) is 6.00. The van der Waals surface area contributed by atoms with E-state index in [0.29, 0.717) is 0 Å². The van der Waals surface area contributed by atoms with Crippen LogP contribution in [0.2, 0.25) is 0 Å². The van der Waals surface area contributed by atoms with Crippen LogP contribution in [-0.4, -0.2) is 44.7 Å². The third-order valence-electron chi connectivity index (χ3n) is 3.37. The molecule has 1 aromatic heterocycles. The first-order chi connectivity index (χ1) is 12.7. The average Bonchev–Trinajstić information content (AvgIpc) is 3.09. The molecule has 0 saturated heterocycles. The number of nitrogens with one attached hydrogen (secondary N) is 1. The monoisotopic (exact) mass is 384 g/mol. The minimum absolute atomic E-state index is 0.0454. The second-order valence-electron chi connectivity index (χ2n) is 5.35. The van der Waals surface area contributed by atoms with Gasteiger partial charge >= 0.3 is 5.97 Å². The van der Waals surface area contributed by atoms with Gasteiger partial charge in [-0.15, -0.1) is 0 Å². The lowest BCUT2D eigenvalue weighted by Gasteiger charge is -2.13. The Hall–Kier alpha value is -3.57. The molecular formula is C15H14F2N4O6. The second-order valence-corrected chi connectivity index (χ2v) is 5.35. The Labute approximate surface area is 150 Å². The SMILES string of the molecule is CC(C(=O)Nc1cc(OCC(F)F)cc([N+](=O)[O-])c1)n1cc(C(=O)O)cn1. The number of carboxylic acids is 1. The summed E-state index contributed by atoms with van der Waals surface area (Å²) in [7, 11) is 0. The van der Waals surface area contributed by atoms with Crippen LogP contribution in [0.15, 0.2) is 30.6 Å². The number of anilines is 1. The molecule has 2 N–H and O–H groups in total. The predicted octanol–water partition coefficient (Wildman–Crippen LogP) is 2.33. The Morgan fingerprint density at radius 3 is 2.67 bits per heavy atom. The van der Waals surface area contributed by atoms with Gasteiger partial charge in [0, 0.05) is 18.3 Å². The topological polar surface area (TPSA) is 137 Å². The molecule has 1 amide bonds. The number of rotatable bonds is 8. The van der Waals surface area contributed by atoms with Crippen molar-refractivity contribution in [1.29, 1.82) is 0 Å². The number of aromatic carboxylic acids is 1. The van der Waals surface area contributed by atoms with Crippen LogP contribution in [0.4, 0.5) is 20.2 Å². The van der Waals surface area contributed by atoms with Crippen molar-refractivity contribution in [3.05, 3.63) is 46.3 Å². The number of carboxylic acid groups (broad SMARTS) is 1. The van der Waals surface area contributed by atoms with Gasteiger partial charge < -0.3 is 15.2 Å². The summed E-state index contributed by atoms with van der Waals surface area (Å²) in [6.07, 6.45) is -0.557. The highest BCUT2D eigenvalue weighted by Crippen LogP contribution is 2.27. The summed E-state index contributed by atoms with van der Waals surface area (Å²) in [5.41, 5.74) is -0.624. The van der Waals surface area contributed by atoms with E-state index in [1.165, 1.54) is 6.92 Å². The molecule has 0 aliphatic carbocycles. The number of aromatic nitrogens is 2. The van der Waals surface area contributed by atoms with E-state index in [1.807, 2.05) is 0 Å². The van der Waals surface area contributed by atoms with Crippen LogP contribution in [0.5, 0.6) is 5.75 Å². The molecule has 1 heterocycles. The zero-order chi connectivity index (χ0) is 20.1. The van der Waals surface area contributed by atoms with Crippen molar-refractivity contribution in [2.24, 2.45) is 0 Å². The molecule has 1 aromatic carbocycles. The van der Waals surface area contributed by atoms with Crippen molar-refractivity contribution in [1.82, 2.24) is 9.78 Å². The minimum Gasteiger partial charge on any atom is -0.487 e. The first kappa shape index (κ1) is 19.8. The average molecular weight is 384 g/mol. The fraction of sp³-hybridized carbons (Fsp3) is 0.267. The van der Waals surface area contributed by atoms with Crippen molar-refractivity contribution in [3.8, 4) is 5.75 Å². The first-order valence-electron chi connectivity index (χ1n) is 7.46. The number of alkyl halides is 2. The van der Waals surface area contributed by atoms with Crippen molar-refractivity contribution in [2.45, 2.75) is 19.4 Å². The number of nitro groups is 1. The maximum Gasteiger partial charge on any atom is 0.338 e. The van der Waals surface area contributed by atoms with Gasteiger partial charge in [-0.05, 0) is 6.92 Å². The van der Waals surface area contributed by atoms with Crippen LogP contribution < -0.4 is 10.1 Å². The van der Waals surface area contributed by atoms with Gasteiger partial charge in [-0.3, -0.25) is 19.6 Å². The molecule has 0 saturated carbocycles. The van der Waals surface area contributed by atoms with E-state index in [-0.39, 0.29) is 17.0 Å². The molecule has 1 unspecified atom stereocenters. The molecule has 2 rings (SSSR count). The summed E-state index contributed by atoms with van der Waals surface area (Å²) in [5, 5.41) is 26.0. The molecule has 12 heteroatoms. The Morgan fingerprint density at radius 1 is 1.41 bits per heavy atom. The molecule has 0 fully saturated rings. The smallest absolute Gasteiger partial charge is 0.338 e. The predicted molar refractivity (Wildman–Crippen MR) is 87.1 cm³/mol. The summed E-state index contributed by atoms with van der Waals surface area (Å²) in [5.74, 6) is -2.08. The van der Waals surface area contributed by atoms with Gasteiger partial charge in [-0.1, -0.05) is 0 Å². The molecule has 0 radical (unpaired) electrons. The molecule has 1 atom stereocenters. The molecule has 0 aliphatic rings. The number of hydrogen-bond donors (Lipinski definition) is 2. The highest BCUT2D eigenvalue weighted by molar-refractivity contribution is 5.94. The number of ether oxygens (including phenoxy) is 1. The van der Waals surface area contributed by atoms with Gasteiger partial charge in [0.2, 0.25) is 5.91 Å². The number of amides is 1. The van der Waals surface area contributed by atoms with Crippen LogP contribution in [0.1, 0.15) is 23.3 Å². The molecule has 144 valence electrons. The van der Waals surface area contributed by atoms with Gasteiger partial charge in [0.1, 0.15) is 18.4 Å². The summed E-state index contributed by atoms with van der Waals surface area (Å²) in [6.45, 7) is 0.468. The van der Waals surface area contributed by atoms with Crippen LogP contribution >= 0.6 is 0 Å². The van der Waals surface area contributed by atoms with E-state index in [2.05, 4.69) is 10.4 Å². The van der Waals surface area contributed by atoms with E-state index < -0.39 is 41.6 Å². The number of nitro benzene ring substituents is 1. The van der Waals surface area contributed by atoms with Gasteiger partial charge in [0.15, 0.2) is 0 Å².